The molecule has 3 atom stereocenters. The van der Waals surface area contributed by atoms with E-state index in [1.54, 1.807) is 6.92 Å². The van der Waals surface area contributed by atoms with E-state index >= 15 is 0 Å². The highest BCUT2D eigenvalue weighted by atomic mass is 16.3. The first-order valence-corrected chi connectivity index (χ1v) is 10.8. The number of hydrogen-bond acceptors (Lipinski definition) is 3. The average Bonchev–Trinajstić information content (AvgIpc) is 3.05. The van der Waals surface area contributed by atoms with Gasteiger partial charge in [0.15, 0.2) is 0 Å². The van der Waals surface area contributed by atoms with Crippen molar-refractivity contribution in [3.05, 3.63) is 107 Å². The molecule has 2 amide bonds. The minimum atomic E-state index is -0.926. The zero-order chi connectivity index (χ0) is 21.3. The largest absolute Gasteiger partial charge is 0.392 e. The number of likely N-dealkylation sites (tertiary alicyclic amines) is 1. The van der Waals surface area contributed by atoms with Crippen LogP contribution in [0, 0.1) is 11.8 Å². The molecule has 1 fully saturated rings. The van der Waals surface area contributed by atoms with Gasteiger partial charge in [0.2, 0.25) is 11.8 Å². The molecule has 0 radical (unpaired) electrons. The molecule has 0 spiro atoms. The van der Waals surface area contributed by atoms with Gasteiger partial charge < -0.3 is 5.11 Å². The molecule has 3 aliphatic carbocycles. The monoisotopic (exact) mass is 409 g/mol. The SMILES string of the molecule is C[C@H](O)C12c3ccccc3C(c3ccccc31)[C@@H]1C(=O)N(Cc3ccccc3)C(=O)[C@H]12. The first kappa shape index (κ1) is 18.5. The Morgan fingerprint density at radius 1 is 0.839 bits per heavy atom. The zero-order valence-corrected chi connectivity index (χ0v) is 17.2. The molecule has 0 aromatic heterocycles. The second-order valence-corrected chi connectivity index (χ2v) is 8.95. The fraction of sp³-hybridized carbons (Fsp3) is 0.259. The lowest BCUT2D eigenvalue weighted by molar-refractivity contribution is -0.141. The summed E-state index contributed by atoms with van der Waals surface area (Å²) in [5.41, 5.74) is 4.09. The van der Waals surface area contributed by atoms with Crippen LogP contribution in [0.25, 0.3) is 0 Å². The molecular formula is C27H23NO3. The number of imide groups is 1. The van der Waals surface area contributed by atoms with E-state index in [1.165, 1.54) is 4.90 Å². The number of carbonyl (C=O) groups is 2. The van der Waals surface area contributed by atoms with Crippen molar-refractivity contribution in [2.45, 2.75) is 30.9 Å². The van der Waals surface area contributed by atoms with E-state index in [-0.39, 0.29) is 24.3 Å². The van der Waals surface area contributed by atoms with Crippen LogP contribution < -0.4 is 0 Å². The molecule has 4 nitrogen and oxygen atoms in total. The maximum Gasteiger partial charge on any atom is 0.234 e. The number of benzene rings is 3. The maximum atomic E-state index is 13.9. The molecule has 1 N–H and O–H groups in total. The molecule has 154 valence electrons. The molecule has 31 heavy (non-hydrogen) atoms. The highest BCUT2D eigenvalue weighted by molar-refractivity contribution is 6.08. The quantitative estimate of drug-likeness (QED) is 0.673. The minimum Gasteiger partial charge on any atom is -0.392 e. The second kappa shape index (κ2) is 6.38. The van der Waals surface area contributed by atoms with Crippen molar-refractivity contribution >= 4 is 11.8 Å². The predicted molar refractivity (Wildman–Crippen MR) is 116 cm³/mol. The van der Waals surface area contributed by atoms with Gasteiger partial charge in [0.25, 0.3) is 0 Å². The summed E-state index contributed by atoms with van der Waals surface area (Å²) in [5.74, 6) is -1.56. The second-order valence-electron chi connectivity index (χ2n) is 8.95. The maximum absolute atomic E-state index is 13.9. The molecule has 4 aliphatic rings. The van der Waals surface area contributed by atoms with Gasteiger partial charge in [-0.3, -0.25) is 14.5 Å². The number of amides is 2. The van der Waals surface area contributed by atoms with E-state index in [9.17, 15) is 14.7 Å². The van der Waals surface area contributed by atoms with Gasteiger partial charge in [-0.25, -0.2) is 0 Å². The number of aliphatic hydroxyl groups excluding tert-OH is 1. The van der Waals surface area contributed by atoms with Crippen LogP contribution in [0.1, 0.15) is 40.7 Å². The third-order valence-corrected chi connectivity index (χ3v) is 7.62. The van der Waals surface area contributed by atoms with E-state index < -0.39 is 23.4 Å². The first-order chi connectivity index (χ1) is 15.1. The molecule has 1 saturated heterocycles. The zero-order valence-electron chi connectivity index (χ0n) is 17.2. The summed E-state index contributed by atoms with van der Waals surface area (Å²) < 4.78 is 0. The third kappa shape index (κ3) is 2.18. The fourth-order valence-electron chi connectivity index (χ4n) is 6.52. The van der Waals surface area contributed by atoms with Crippen LogP contribution in [0.5, 0.6) is 0 Å². The summed E-state index contributed by atoms with van der Waals surface area (Å²) in [6.07, 6.45) is -0.822. The first-order valence-electron chi connectivity index (χ1n) is 10.8. The third-order valence-electron chi connectivity index (χ3n) is 7.62. The van der Waals surface area contributed by atoms with Crippen LogP contribution in [0.2, 0.25) is 0 Å². The molecule has 1 aliphatic heterocycles. The van der Waals surface area contributed by atoms with Gasteiger partial charge >= 0.3 is 0 Å². The smallest absolute Gasteiger partial charge is 0.234 e. The Hall–Kier alpha value is -3.24. The van der Waals surface area contributed by atoms with Crippen LogP contribution in [0.3, 0.4) is 0 Å². The molecule has 3 aromatic carbocycles. The van der Waals surface area contributed by atoms with Gasteiger partial charge in [-0.05, 0) is 34.7 Å². The van der Waals surface area contributed by atoms with E-state index in [1.807, 2.05) is 66.7 Å². The van der Waals surface area contributed by atoms with Crippen LogP contribution in [0.4, 0.5) is 0 Å². The Morgan fingerprint density at radius 3 is 1.97 bits per heavy atom. The summed E-state index contributed by atoms with van der Waals surface area (Å²) in [6, 6.07) is 25.7. The molecule has 3 aromatic rings. The van der Waals surface area contributed by atoms with Gasteiger partial charge in [-0.2, -0.15) is 0 Å². The molecule has 0 saturated carbocycles. The van der Waals surface area contributed by atoms with Crippen molar-refractivity contribution in [2.24, 2.45) is 11.8 Å². The molecule has 4 heteroatoms. The van der Waals surface area contributed by atoms with Crippen LogP contribution >= 0.6 is 0 Å². The van der Waals surface area contributed by atoms with E-state index in [0.717, 1.165) is 27.8 Å². The lowest BCUT2D eigenvalue weighted by Gasteiger charge is -2.55. The fourth-order valence-corrected chi connectivity index (χ4v) is 6.52. The van der Waals surface area contributed by atoms with Gasteiger partial charge in [0.05, 0.1) is 29.9 Å². The number of hydrogen-bond donors (Lipinski definition) is 1. The topological polar surface area (TPSA) is 57.6 Å². The predicted octanol–water partition coefficient (Wildman–Crippen LogP) is 3.61. The lowest BCUT2D eigenvalue weighted by atomic mass is 9.46. The van der Waals surface area contributed by atoms with Crippen molar-refractivity contribution in [3.63, 3.8) is 0 Å². The highest BCUT2D eigenvalue weighted by Gasteiger charge is 2.69. The summed E-state index contributed by atoms with van der Waals surface area (Å²) >= 11 is 0. The normalized spacial score (nSPS) is 28.8. The van der Waals surface area contributed by atoms with E-state index in [2.05, 4.69) is 12.1 Å². The van der Waals surface area contributed by atoms with Crippen LogP contribution in [0.15, 0.2) is 78.9 Å². The van der Waals surface area contributed by atoms with Crippen molar-refractivity contribution in [1.82, 2.24) is 4.90 Å². The van der Waals surface area contributed by atoms with Crippen LogP contribution in [-0.4, -0.2) is 27.9 Å². The van der Waals surface area contributed by atoms with E-state index in [0.29, 0.717) is 0 Å². The minimum absolute atomic E-state index is 0.127. The molecule has 0 unspecified atom stereocenters. The Morgan fingerprint density at radius 2 is 1.39 bits per heavy atom. The Balaban J connectivity index is 1.60. The molecule has 2 bridgehead atoms. The number of aliphatic hydroxyl groups is 1. The summed E-state index contributed by atoms with van der Waals surface area (Å²) in [5, 5.41) is 11.3. The van der Waals surface area contributed by atoms with Gasteiger partial charge in [-0.1, -0.05) is 78.9 Å². The van der Waals surface area contributed by atoms with Gasteiger partial charge in [0, 0.05) is 5.92 Å². The van der Waals surface area contributed by atoms with Crippen molar-refractivity contribution in [2.75, 3.05) is 0 Å². The number of carbonyl (C=O) groups excluding carboxylic acids is 2. The Bertz CT molecular complexity index is 1170. The summed E-state index contributed by atoms with van der Waals surface area (Å²) in [4.78, 5) is 29.0. The Kier molecular flexibility index (Phi) is 3.81. The summed E-state index contributed by atoms with van der Waals surface area (Å²) in [7, 11) is 0. The van der Waals surface area contributed by atoms with Gasteiger partial charge in [0.1, 0.15) is 0 Å². The van der Waals surface area contributed by atoms with Gasteiger partial charge in [-0.15, -0.1) is 0 Å². The lowest BCUT2D eigenvalue weighted by Crippen LogP contribution is -2.58. The van der Waals surface area contributed by atoms with Crippen molar-refractivity contribution in [3.8, 4) is 0 Å². The molecule has 7 rings (SSSR count). The molecular weight excluding hydrogens is 386 g/mol. The van der Waals surface area contributed by atoms with Crippen molar-refractivity contribution < 1.29 is 14.7 Å². The van der Waals surface area contributed by atoms with Crippen molar-refractivity contribution in [1.29, 1.82) is 0 Å². The number of nitrogens with zero attached hydrogens (tertiary/aromatic N) is 1. The summed E-state index contributed by atoms with van der Waals surface area (Å²) in [6.45, 7) is 2.02. The van der Waals surface area contributed by atoms with E-state index in [4.69, 9.17) is 0 Å². The standard InChI is InChI=1S/C27H23NO3/c1-16(29)27-20-13-7-5-11-18(20)22(19-12-6-8-14-21(19)27)23-24(27)26(31)28(25(23)30)15-17-9-3-2-4-10-17/h2-14,16,22-24,29H,15H2,1H3/t16-,22?,23-,24-,27?/m0/s1. The Labute approximate surface area is 181 Å². The molecule has 1 heterocycles. The highest BCUT2D eigenvalue weighted by Crippen LogP contribution is 2.65. The average molecular weight is 409 g/mol. The van der Waals surface area contributed by atoms with Crippen LogP contribution in [-0.2, 0) is 21.5 Å². The number of rotatable bonds is 3.